The van der Waals surface area contributed by atoms with Crippen molar-refractivity contribution < 1.29 is 14.3 Å². The molecule has 98 valence electrons. The first-order chi connectivity index (χ1) is 9.06. The Balaban J connectivity index is 2.15. The molecule has 0 atom stereocenters. The number of carbonyl (C=O) groups is 1. The maximum atomic E-state index is 13.0. The Morgan fingerprint density at radius 1 is 1.37 bits per heavy atom. The second kappa shape index (κ2) is 6.04. The van der Waals surface area contributed by atoms with Gasteiger partial charge in [0, 0.05) is 10.8 Å². The van der Waals surface area contributed by atoms with Crippen LogP contribution in [-0.4, -0.2) is 16.1 Å². The van der Waals surface area contributed by atoms with E-state index in [1.807, 2.05) is 12.1 Å². The van der Waals surface area contributed by atoms with Crippen LogP contribution in [0.3, 0.4) is 0 Å². The maximum absolute atomic E-state index is 13.0. The van der Waals surface area contributed by atoms with Crippen LogP contribution in [0.2, 0.25) is 5.02 Å². The molecule has 3 nitrogen and oxygen atoms in total. The molecule has 1 aromatic heterocycles. The minimum Gasteiger partial charge on any atom is -0.478 e. The van der Waals surface area contributed by atoms with Gasteiger partial charge in [-0.1, -0.05) is 23.7 Å². The number of hydrogen-bond donors (Lipinski definition) is 1. The molecule has 0 bridgehead atoms. The molecule has 0 aliphatic carbocycles. The van der Waals surface area contributed by atoms with Crippen LogP contribution in [0.1, 0.15) is 15.9 Å². The van der Waals surface area contributed by atoms with E-state index in [-0.39, 0.29) is 5.56 Å². The van der Waals surface area contributed by atoms with E-state index < -0.39 is 11.8 Å². The molecule has 1 aromatic carbocycles. The second-order valence-corrected chi connectivity index (χ2v) is 5.13. The lowest BCUT2D eigenvalue weighted by molar-refractivity contribution is 0.0691. The Morgan fingerprint density at radius 2 is 2.05 bits per heavy atom. The maximum Gasteiger partial charge on any atom is 0.338 e. The highest BCUT2D eigenvalue weighted by Gasteiger charge is 2.13. The number of pyridine rings is 1. The lowest BCUT2D eigenvalue weighted by Crippen LogP contribution is -2.02. The summed E-state index contributed by atoms with van der Waals surface area (Å²) >= 11 is 7.02. The third kappa shape index (κ3) is 3.68. The van der Waals surface area contributed by atoms with Crippen molar-refractivity contribution in [2.24, 2.45) is 0 Å². The molecule has 0 unspecified atom stereocenters. The molecule has 0 saturated heterocycles. The van der Waals surface area contributed by atoms with E-state index in [1.165, 1.54) is 11.8 Å². The van der Waals surface area contributed by atoms with Crippen molar-refractivity contribution in [3.63, 3.8) is 0 Å². The average Bonchev–Trinajstić information content (AvgIpc) is 2.39. The number of carboxylic acid groups (broad SMARTS) is 1. The fourth-order valence-corrected chi connectivity index (χ4v) is 2.48. The molecule has 6 heteroatoms. The molecule has 0 spiro atoms. The minimum absolute atomic E-state index is 0.126. The van der Waals surface area contributed by atoms with Gasteiger partial charge in [-0.25, -0.2) is 14.2 Å². The van der Waals surface area contributed by atoms with E-state index in [9.17, 15) is 9.18 Å². The summed E-state index contributed by atoms with van der Waals surface area (Å²) in [7, 11) is 0. The number of carboxylic acids is 1. The molecular weight excluding hydrogens is 289 g/mol. The van der Waals surface area contributed by atoms with Crippen LogP contribution >= 0.6 is 23.4 Å². The molecule has 0 aliphatic rings. The number of aromatic carboxylic acids is 1. The van der Waals surface area contributed by atoms with Crippen molar-refractivity contribution in [3.05, 3.63) is 58.5 Å². The zero-order chi connectivity index (χ0) is 13.8. The van der Waals surface area contributed by atoms with Crippen LogP contribution in [-0.2, 0) is 5.75 Å². The van der Waals surface area contributed by atoms with E-state index in [0.29, 0.717) is 15.8 Å². The van der Waals surface area contributed by atoms with Gasteiger partial charge in [0.25, 0.3) is 0 Å². The lowest BCUT2D eigenvalue weighted by Gasteiger charge is -2.05. The topological polar surface area (TPSA) is 50.2 Å². The van der Waals surface area contributed by atoms with Crippen molar-refractivity contribution >= 4 is 29.3 Å². The summed E-state index contributed by atoms with van der Waals surface area (Å²) in [6.45, 7) is 0. The Hall–Kier alpha value is -1.59. The van der Waals surface area contributed by atoms with Crippen molar-refractivity contribution in [2.75, 3.05) is 0 Å². The van der Waals surface area contributed by atoms with Crippen molar-refractivity contribution in [2.45, 2.75) is 10.8 Å². The van der Waals surface area contributed by atoms with Crippen LogP contribution in [0.4, 0.5) is 4.39 Å². The van der Waals surface area contributed by atoms with Gasteiger partial charge in [-0.15, -0.1) is 11.8 Å². The summed E-state index contributed by atoms with van der Waals surface area (Å²) in [6, 6.07) is 8.18. The standard InChI is InChI=1S/C13H9ClFNO2S/c14-9-3-1-8(2-4-9)7-19-12-11(13(17)18)5-10(15)6-16-12/h1-6H,7H2,(H,17,18). The van der Waals surface area contributed by atoms with Crippen LogP contribution in [0.5, 0.6) is 0 Å². The second-order valence-electron chi connectivity index (χ2n) is 3.73. The lowest BCUT2D eigenvalue weighted by atomic mass is 10.2. The Labute approximate surface area is 118 Å². The molecule has 0 amide bonds. The Bertz CT molecular complexity index is 604. The summed E-state index contributed by atoms with van der Waals surface area (Å²) in [4.78, 5) is 14.8. The molecule has 19 heavy (non-hydrogen) atoms. The number of halogens is 2. The van der Waals surface area contributed by atoms with Crippen molar-refractivity contribution in [1.82, 2.24) is 4.98 Å². The summed E-state index contributed by atoms with van der Waals surface area (Å²) in [5.74, 6) is -1.31. The number of nitrogens with zero attached hydrogens (tertiary/aromatic N) is 1. The molecule has 1 N–H and O–H groups in total. The molecule has 2 aromatic rings. The van der Waals surface area contributed by atoms with Crippen LogP contribution < -0.4 is 0 Å². The van der Waals surface area contributed by atoms with E-state index >= 15 is 0 Å². The molecular formula is C13H9ClFNO2S. The van der Waals surface area contributed by atoms with Gasteiger partial charge in [0.05, 0.1) is 11.8 Å². The van der Waals surface area contributed by atoms with Gasteiger partial charge >= 0.3 is 5.97 Å². The smallest absolute Gasteiger partial charge is 0.338 e. The van der Waals surface area contributed by atoms with E-state index in [0.717, 1.165) is 17.8 Å². The number of aromatic nitrogens is 1. The zero-order valence-corrected chi connectivity index (χ0v) is 11.2. The number of hydrogen-bond acceptors (Lipinski definition) is 3. The summed E-state index contributed by atoms with van der Waals surface area (Å²) in [5, 5.41) is 9.92. The first-order valence-electron chi connectivity index (χ1n) is 5.32. The van der Waals surface area contributed by atoms with Crippen molar-refractivity contribution in [3.8, 4) is 0 Å². The molecule has 1 heterocycles. The fraction of sp³-hybridized carbons (Fsp3) is 0.0769. The zero-order valence-electron chi connectivity index (χ0n) is 9.64. The Morgan fingerprint density at radius 3 is 2.68 bits per heavy atom. The van der Waals surface area contributed by atoms with Gasteiger partial charge in [0.2, 0.25) is 0 Å². The highest BCUT2D eigenvalue weighted by molar-refractivity contribution is 7.98. The first kappa shape index (κ1) is 13.8. The van der Waals surface area contributed by atoms with Gasteiger partial charge in [0.15, 0.2) is 0 Å². The van der Waals surface area contributed by atoms with E-state index in [2.05, 4.69) is 4.98 Å². The van der Waals surface area contributed by atoms with Gasteiger partial charge in [-0.05, 0) is 23.8 Å². The van der Waals surface area contributed by atoms with Crippen LogP contribution in [0, 0.1) is 5.82 Å². The molecule has 2 rings (SSSR count). The van der Waals surface area contributed by atoms with Gasteiger partial charge in [0.1, 0.15) is 10.8 Å². The molecule has 0 radical (unpaired) electrons. The highest BCUT2D eigenvalue weighted by atomic mass is 35.5. The van der Waals surface area contributed by atoms with Crippen LogP contribution in [0.15, 0.2) is 41.6 Å². The van der Waals surface area contributed by atoms with Gasteiger partial charge < -0.3 is 5.11 Å². The number of rotatable bonds is 4. The molecule has 0 aliphatic heterocycles. The summed E-state index contributed by atoms with van der Waals surface area (Å²) in [6.07, 6.45) is 1.01. The third-order valence-electron chi connectivity index (χ3n) is 2.34. The Kier molecular flexibility index (Phi) is 4.39. The normalized spacial score (nSPS) is 10.4. The highest BCUT2D eigenvalue weighted by Crippen LogP contribution is 2.25. The molecule has 0 fully saturated rings. The first-order valence-corrected chi connectivity index (χ1v) is 6.68. The average molecular weight is 298 g/mol. The minimum atomic E-state index is -1.19. The number of benzene rings is 1. The summed E-state index contributed by atoms with van der Waals surface area (Å²) in [5.41, 5.74) is 0.857. The predicted molar refractivity (Wildman–Crippen MR) is 72.2 cm³/mol. The quantitative estimate of drug-likeness (QED) is 0.871. The predicted octanol–water partition coefficient (Wildman–Crippen LogP) is 3.86. The largest absolute Gasteiger partial charge is 0.478 e. The summed E-state index contributed by atoms with van der Waals surface area (Å²) < 4.78 is 13.0. The molecule has 0 saturated carbocycles. The monoisotopic (exact) mass is 297 g/mol. The third-order valence-corrected chi connectivity index (χ3v) is 3.67. The fourth-order valence-electron chi connectivity index (χ4n) is 1.43. The van der Waals surface area contributed by atoms with Gasteiger partial charge in [-0.2, -0.15) is 0 Å². The van der Waals surface area contributed by atoms with E-state index in [1.54, 1.807) is 12.1 Å². The van der Waals surface area contributed by atoms with Crippen molar-refractivity contribution in [1.29, 1.82) is 0 Å². The van der Waals surface area contributed by atoms with Crippen LogP contribution in [0.25, 0.3) is 0 Å². The van der Waals surface area contributed by atoms with E-state index in [4.69, 9.17) is 16.7 Å². The van der Waals surface area contributed by atoms with Gasteiger partial charge in [-0.3, -0.25) is 0 Å². The number of thioether (sulfide) groups is 1. The SMILES string of the molecule is O=C(O)c1cc(F)cnc1SCc1ccc(Cl)cc1.